The second kappa shape index (κ2) is 6.91. The minimum Gasteiger partial charge on any atom is -0.325 e. The maximum absolute atomic E-state index is 12.9. The Labute approximate surface area is 107 Å². The third-order valence-corrected chi connectivity index (χ3v) is 2.33. The van der Waals surface area contributed by atoms with E-state index in [0.29, 0.717) is 5.69 Å². The number of allylic oxidation sites excluding steroid dienone is 1. The summed E-state index contributed by atoms with van der Waals surface area (Å²) in [6.45, 7) is 5.03. The first-order valence-electron chi connectivity index (χ1n) is 5.84. The van der Waals surface area contributed by atoms with Crippen LogP contribution in [-0.4, -0.2) is 30.9 Å². The summed E-state index contributed by atoms with van der Waals surface area (Å²) in [5.41, 5.74) is 1.70. The summed E-state index contributed by atoms with van der Waals surface area (Å²) in [5.74, 6) is -0.504. The van der Waals surface area contributed by atoms with Gasteiger partial charge in [-0.25, -0.2) is 4.39 Å². The molecular weight excluding hydrogens is 231 g/mol. The molecule has 18 heavy (non-hydrogen) atoms. The predicted octanol–water partition coefficient (Wildman–Crippen LogP) is 2.66. The number of anilines is 1. The molecule has 1 N–H and O–H groups in total. The summed E-state index contributed by atoms with van der Waals surface area (Å²) in [4.78, 5) is 13.6. The molecule has 0 unspecified atom stereocenters. The van der Waals surface area contributed by atoms with E-state index >= 15 is 0 Å². The van der Waals surface area contributed by atoms with E-state index in [1.807, 2.05) is 25.8 Å². The van der Waals surface area contributed by atoms with Crippen molar-refractivity contribution in [2.75, 3.05) is 25.5 Å². The van der Waals surface area contributed by atoms with Crippen LogP contribution < -0.4 is 5.32 Å². The number of hydrogen-bond donors (Lipinski definition) is 1. The molecule has 0 atom stereocenters. The average Bonchev–Trinajstić information content (AvgIpc) is 2.26. The molecule has 0 saturated carbocycles. The predicted molar refractivity (Wildman–Crippen MR) is 72.0 cm³/mol. The van der Waals surface area contributed by atoms with Gasteiger partial charge in [-0.15, -0.1) is 0 Å². The van der Waals surface area contributed by atoms with Crippen molar-refractivity contribution in [3.05, 3.63) is 41.7 Å². The van der Waals surface area contributed by atoms with E-state index in [-0.39, 0.29) is 18.3 Å². The Morgan fingerprint density at radius 1 is 1.44 bits per heavy atom. The standard InChI is InChI=1S/C14H19FN2O/c1-11(2)7-8-17(3)10-14(18)16-13-6-4-5-12(15)9-13/h4-7,9H,8,10H2,1-3H3,(H,16,18). The van der Waals surface area contributed by atoms with Gasteiger partial charge in [0, 0.05) is 12.2 Å². The maximum Gasteiger partial charge on any atom is 0.238 e. The van der Waals surface area contributed by atoms with Gasteiger partial charge in [0.2, 0.25) is 5.91 Å². The van der Waals surface area contributed by atoms with Gasteiger partial charge < -0.3 is 5.32 Å². The molecule has 0 aromatic heterocycles. The number of nitrogens with zero attached hydrogens (tertiary/aromatic N) is 1. The molecule has 0 heterocycles. The molecular formula is C14H19FN2O. The van der Waals surface area contributed by atoms with Crippen LogP contribution in [0.25, 0.3) is 0 Å². The smallest absolute Gasteiger partial charge is 0.238 e. The fourth-order valence-corrected chi connectivity index (χ4v) is 1.41. The second-order valence-corrected chi connectivity index (χ2v) is 4.54. The lowest BCUT2D eigenvalue weighted by molar-refractivity contribution is -0.116. The van der Waals surface area contributed by atoms with E-state index in [0.717, 1.165) is 6.54 Å². The van der Waals surface area contributed by atoms with E-state index in [4.69, 9.17) is 0 Å². The molecule has 98 valence electrons. The van der Waals surface area contributed by atoms with Crippen molar-refractivity contribution in [2.24, 2.45) is 0 Å². The Bertz CT molecular complexity index is 439. The molecule has 1 rings (SSSR count). The zero-order valence-corrected chi connectivity index (χ0v) is 11.0. The van der Waals surface area contributed by atoms with Crippen molar-refractivity contribution in [3.8, 4) is 0 Å². The third kappa shape index (κ3) is 5.59. The highest BCUT2D eigenvalue weighted by molar-refractivity contribution is 5.92. The number of benzene rings is 1. The van der Waals surface area contributed by atoms with Crippen LogP contribution in [0, 0.1) is 5.82 Å². The Kier molecular flexibility index (Phi) is 5.52. The number of nitrogens with one attached hydrogen (secondary N) is 1. The van der Waals surface area contributed by atoms with Crippen molar-refractivity contribution in [1.82, 2.24) is 4.90 Å². The highest BCUT2D eigenvalue weighted by Crippen LogP contribution is 2.08. The van der Waals surface area contributed by atoms with Crippen molar-refractivity contribution in [3.63, 3.8) is 0 Å². The first-order valence-corrected chi connectivity index (χ1v) is 5.84. The van der Waals surface area contributed by atoms with Crippen LogP contribution in [0.1, 0.15) is 13.8 Å². The van der Waals surface area contributed by atoms with E-state index in [1.165, 1.54) is 17.7 Å². The van der Waals surface area contributed by atoms with Gasteiger partial charge >= 0.3 is 0 Å². The van der Waals surface area contributed by atoms with Crippen LogP contribution in [0.15, 0.2) is 35.9 Å². The Hall–Kier alpha value is -1.68. The van der Waals surface area contributed by atoms with Gasteiger partial charge in [-0.3, -0.25) is 9.69 Å². The Balaban J connectivity index is 2.44. The third-order valence-electron chi connectivity index (χ3n) is 2.33. The monoisotopic (exact) mass is 250 g/mol. The van der Waals surface area contributed by atoms with E-state index < -0.39 is 0 Å². The fourth-order valence-electron chi connectivity index (χ4n) is 1.41. The molecule has 0 fully saturated rings. The number of carbonyl (C=O) groups excluding carboxylic acids is 1. The molecule has 1 aromatic rings. The van der Waals surface area contributed by atoms with Gasteiger partial charge in [0.1, 0.15) is 5.82 Å². The number of likely N-dealkylation sites (N-methyl/N-ethyl adjacent to an activating group) is 1. The van der Waals surface area contributed by atoms with E-state index in [1.54, 1.807) is 12.1 Å². The molecule has 0 spiro atoms. The quantitative estimate of drug-likeness (QED) is 0.815. The first kappa shape index (κ1) is 14.4. The lowest BCUT2D eigenvalue weighted by Gasteiger charge is -2.14. The zero-order valence-electron chi connectivity index (χ0n) is 11.0. The second-order valence-electron chi connectivity index (χ2n) is 4.54. The lowest BCUT2D eigenvalue weighted by Crippen LogP contribution is -2.30. The van der Waals surface area contributed by atoms with Gasteiger partial charge in [0.25, 0.3) is 0 Å². The van der Waals surface area contributed by atoms with Gasteiger partial charge in [-0.05, 0) is 39.1 Å². The van der Waals surface area contributed by atoms with Gasteiger partial charge in [-0.1, -0.05) is 17.7 Å². The summed E-state index contributed by atoms with van der Waals surface area (Å²) >= 11 is 0. The Morgan fingerprint density at radius 3 is 2.78 bits per heavy atom. The lowest BCUT2D eigenvalue weighted by atomic mass is 10.3. The molecule has 3 nitrogen and oxygen atoms in total. The normalized spacial score (nSPS) is 10.3. The minimum absolute atomic E-state index is 0.148. The molecule has 4 heteroatoms. The number of amides is 1. The van der Waals surface area contributed by atoms with Crippen molar-refractivity contribution >= 4 is 11.6 Å². The number of halogens is 1. The number of carbonyl (C=O) groups is 1. The van der Waals surface area contributed by atoms with Crippen LogP contribution in [-0.2, 0) is 4.79 Å². The van der Waals surface area contributed by atoms with Crippen LogP contribution >= 0.6 is 0 Å². The molecule has 0 aliphatic heterocycles. The molecule has 0 aliphatic rings. The summed E-state index contributed by atoms with van der Waals surface area (Å²) in [7, 11) is 1.87. The topological polar surface area (TPSA) is 32.3 Å². The Morgan fingerprint density at radius 2 is 2.17 bits per heavy atom. The van der Waals surface area contributed by atoms with Crippen LogP contribution in [0.3, 0.4) is 0 Å². The van der Waals surface area contributed by atoms with E-state index in [2.05, 4.69) is 11.4 Å². The molecule has 0 saturated heterocycles. The summed E-state index contributed by atoms with van der Waals surface area (Å²) in [5, 5.41) is 2.66. The van der Waals surface area contributed by atoms with Crippen molar-refractivity contribution in [1.29, 1.82) is 0 Å². The summed E-state index contributed by atoms with van der Waals surface area (Å²) in [6, 6.07) is 5.87. The molecule has 1 aromatic carbocycles. The number of rotatable bonds is 5. The van der Waals surface area contributed by atoms with Crippen LogP contribution in [0.2, 0.25) is 0 Å². The maximum atomic E-state index is 12.9. The van der Waals surface area contributed by atoms with Crippen molar-refractivity contribution < 1.29 is 9.18 Å². The first-order chi connectivity index (χ1) is 8.47. The number of hydrogen-bond acceptors (Lipinski definition) is 2. The van der Waals surface area contributed by atoms with E-state index in [9.17, 15) is 9.18 Å². The highest BCUT2D eigenvalue weighted by Gasteiger charge is 2.06. The van der Waals surface area contributed by atoms with Crippen LogP contribution in [0.5, 0.6) is 0 Å². The minimum atomic E-state index is -0.356. The average molecular weight is 250 g/mol. The van der Waals surface area contributed by atoms with Crippen molar-refractivity contribution in [2.45, 2.75) is 13.8 Å². The summed E-state index contributed by atoms with van der Waals surface area (Å²) < 4.78 is 12.9. The molecule has 0 aliphatic carbocycles. The molecule has 1 amide bonds. The highest BCUT2D eigenvalue weighted by atomic mass is 19.1. The summed E-state index contributed by atoms with van der Waals surface area (Å²) in [6.07, 6.45) is 2.05. The SMILES string of the molecule is CC(C)=CCN(C)CC(=O)Nc1cccc(F)c1. The zero-order chi connectivity index (χ0) is 13.5. The van der Waals surface area contributed by atoms with Gasteiger partial charge in [0.15, 0.2) is 0 Å². The van der Waals surface area contributed by atoms with Gasteiger partial charge in [0.05, 0.1) is 6.54 Å². The molecule has 0 bridgehead atoms. The van der Waals surface area contributed by atoms with Gasteiger partial charge in [-0.2, -0.15) is 0 Å². The largest absolute Gasteiger partial charge is 0.325 e. The van der Waals surface area contributed by atoms with Crippen LogP contribution in [0.4, 0.5) is 10.1 Å². The molecule has 0 radical (unpaired) electrons. The fraction of sp³-hybridized carbons (Fsp3) is 0.357.